The van der Waals surface area contributed by atoms with E-state index >= 15 is 0 Å². The standard InChI is InChI=1S/C16H23N3.2C2H6/c1-3-6-13-7-5-8-14-9-11-18-12-17-19(10-4-2)16(18)15(13)14;2*1-2/h5,7-9,11,16-17H,3-4,6,10,12H2,1-2H3;2*1-2H3. The number of nitrogens with one attached hydrogen (secondary N) is 1. The molecule has 2 aliphatic rings. The monoisotopic (exact) mass is 317 g/mol. The van der Waals surface area contributed by atoms with Gasteiger partial charge < -0.3 is 4.90 Å². The minimum Gasteiger partial charge on any atom is -0.343 e. The maximum Gasteiger partial charge on any atom is 0.122 e. The number of benzene rings is 1. The van der Waals surface area contributed by atoms with Crippen LogP contribution >= 0.6 is 0 Å². The van der Waals surface area contributed by atoms with Crippen LogP contribution < -0.4 is 5.43 Å². The molecule has 0 radical (unpaired) electrons. The zero-order chi connectivity index (χ0) is 17.2. The maximum atomic E-state index is 3.52. The van der Waals surface area contributed by atoms with Crippen molar-refractivity contribution in [3.8, 4) is 0 Å². The Balaban J connectivity index is 0.000000615. The van der Waals surface area contributed by atoms with Crippen molar-refractivity contribution in [3.63, 3.8) is 0 Å². The van der Waals surface area contributed by atoms with Crippen molar-refractivity contribution in [3.05, 3.63) is 41.1 Å². The van der Waals surface area contributed by atoms with E-state index in [1.165, 1.54) is 36.0 Å². The van der Waals surface area contributed by atoms with E-state index in [2.05, 4.69) is 59.7 Å². The molecule has 0 saturated carbocycles. The molecular formula is C20H35N3. The smallest absolute Gasteiger partial charge is 0.122 e. The van der Waals surface area contributed by atoms with E-state index in [0.29, 0.717) is 6.17 Å². The quantitative estimate of drug-likeness (QED) is 0.827. The fraction of sp³-hybridized carbons (Fsp3) is 0.600. The van der Waals surface area contributed by atoms with E-state index in [0.717, 1.165) is 13.2 Å². The number of aryl methyl sites for hydroxylation is 1. The Morgan fingerprint density at radius 3 is 2.48 bits per heavy atom. The lowest BCUT2D eigenvalue weighted by Crippen LogP contribution is -2.35. The van der Waals surface area contributed by atoms with Gasteiger partial charge in [0.05, 0.1) is 6.67 Å². The Kier molecular flexibility index (Phi) is 8.97. The molecule has 1 saturated heterocycles. The lowest BCUT2D eigenvalue weighted by molar-refractivity contribution is 0.140. The molecule has 1 fully saturated rings. The molecule has 1 N–H and O–H groups in total. The van der Waals surface area contributed by atoms with Gasteiger partial charge in [0.15, 0.2) is 0 Å². The van der Waals surface area contributed by atoms with Crippen LogP contribution in [0.2, 0.25) is 0 Å². The van der Waals surface area contributed by atoms with Gasteiger partial charge in [-0.3, -0.25) is 0 Å². The number of hydrogen-bond donors (Lipinski definition) is 1. The van der Waals surface area contributed by atoms with Gasteiger partial charge in [-0.2, -0.15) is 0 Å². The van der Waals surface area contributed by atoms with Crippen LogP contribution in [0.25, 0.3) is 6.08 Å². The second kappa shape index (κ2) is 10.5. The van der Waals surface area contributed by atoms with Crippen molar-refractivity contribution in [1.82, 2.24) is 15.3 Å². The summed E-state index contributed by atoms with van der Waals surface area (Å²) < 4.78 is 0. The number of hydrazine groups is 1. The molecule has 3 rings (SSSR count). The predicted molar refractivity (Wildman–Crippen MR) is 102 cm³/mol. The van der Waals surface area contributed by atoms with Crippen molar-refractivity contribution in [1.29, 1.82) is 0 Å². The molecule has 0 aliphatic carbocycles. The summed E-state index contributed by atoms with van der Waals surface area (Å²) in [6.07, 6.45) is 8.40. The molecule has 3 nitrogen and oxygen atoms in total. The Labute approximate surface area is 143 Å². The van der Waals surface area contributed by atoms with E-state index in [1.807, 2.05) is 27.7 Å². The minimum absolute atomic E-state index is 0.377. The van der Waals surface area contributed by atoms with E-state index in [4.69, 9.17) is 0 Å². The van der Waals surface area contributed by atoms with Gasteiger partial charge in [0.1, 0.15) is 6.17 Å². The van der Waals surface area contributed by atoms with Crippen molar-refractivity contribution in [2.24, 2.45) is 0 Å². The first-order valence-electron chi connectivity index (χ1n) is 9.41. The lowest BCUT2D eigenvalue weighted by Gasteiger charge is -2.33. The van der Waals surface area contributed by atoms with Crippen LogP contribution in [0.3, 0.4) is 0 Å². The molecule has 2 aliphatic heterocycles. The van der Waals surface area contributed by atoms with Gasteiger partial charge in [-0.1, -0.05) is 66.2 Å². The van der Waals surface area contributed by atoms with Gasteiger partial charge in [-0.05, 0) is 30.0 Å². The zero-order valence-electron chi connectivity index (χ0n) is 15.9. The van der Waals surface area contributed by atoms with Crippen LogP contribution in [0.5, 0.6) is 0 Å². The molecule has 2 heterocycles. The number of rotatable bonds is 4. The third-order valence-electron chi connectivity index (χ3n) is 3.98. The van der Waals surface area contributed by atoms with E-state index in [1.54, 1.807) is 0 Å². The first kappa shape index (κ1) is 19.7. The number of fused-ring (bicyclic) bond motifs is 3. The molecule has 1 aromatic rings. The minimum atomic E-state index is 0.377. The molecule has 0 spiro atoms. The molecule has 130 valence electrons. The van der Waals surface area contributed by atoms with Gasteiger partial charge >= 0.3 is 0 Å². The highest BCUT2D eigenvalue weighted by atomic mass is 15.7. The highest BCUT2D eigenvalue weighted by Crippen LogP contribution is 2.37. The summed E-state index contributed by atoms with van der Waals surface area (Å²) >= 11 is 0. The SMILES string of the molecule is CC.CC.CCCc1cccc2c1C1N(C=C2)CNN1CCC. The van der Waals surface area contributed by atoms with E-state index < -0.39 is 0 Å². The van der Waals surface area contributed by atoms with Crippen LogP contribution in [0.15, 0.2) is 24.4 Å². The molecular weight excluding hydrogens is 282 g/mol. The largest absolute Gasteiger partial charge is 0.343 e. The molecule has 23 heavy (non-hydrogen) atoms. The highest BCUT2D eigenvalue weighted by Gasteiger charge is 2.35. The predicted octanol–water partition coefficient (Wildman–Crippen LogP) is 5.16. The summed E-state index contributed by atoms with van der Waals surface area (Å²) in [5.41, 5.74) is 7.91. The van der Waals surface area contributed by atoms with Gasteiger partial charge in [0.25, 0.3) is 0 Å². The number of hydrogen-bond acceptors (Lipinski definition) is 3. The fourth-order valence-corrected chi connectivity index (χ4v) is 3.18. The number of nitrogens with zero attached hydrogens (tertiary/aromatic N) is 2. The third kappa shape index (κ3) is 4.36. The Bertz CT molecular complexity index is 482. The maximum absolute atomic E-state index is 3.52. The van der Waals surface area contributed by atoms with Gasteiger partial charge in [-0.15, -0.1) is 0 Å². The summed E-state index contributed by atoms with van der Waals surface area (Å²) in [4.78, 5) is 2.40. The van der Waals surface area contributed by atoms with Crippen molar-refractivity contribution in [2.75, 3.05) is 13.2 Å². The van der Waals surface area contributed by atoms with E-state index in [-0.39, 0.29) is 0 Å². The van der Waals surface area contributed by atoms with Crippen LogP contribution in [0.4, 0.5) is 0 Å². The highest BCUT2D eigenvalue weighted by molar-refractivity contribution is 5.59. The molecule has 0 amide bonds. The Morgan fingerprint density at radius 2 is 1.83 bits per heavy atom. The van der Waals surface area contributed by atoms with Crippen LogP contribution in [-0.2, 0) is 6.42 Å². The second-order valence-electron chi connectivity index (χ2n) is 5.38. The lowest BCUT2D eigenvalue weighted by atomic mass is 9.93. The summed E-state index contributed by atoms with van der Waals surface area (Å²) in [5, 5.41) is 2.39. The van der Waals surface area contributed by atoms with Crippen LogP contribution in [0.1, 0.15) is 77.2 Å². The first-order valence-corrected chi connectivity index (χ1v) is 9.41. The Morgan fingerprint density at radius 1 is 1.09 bits per heavy atom. The fourth-order valence-electron chi connectivity index (χ4n) is 3.18. The van der Waals surface area contributed by atoms with Crippen molar-refractivity contribution >= 4 is 6.08 Å². The van der Waals surface area contributed by atoms with Crippen molar-refractivity contribution in [2.45, 2.75) is 67.0 Å². The van der Waals surface area contributed by atoms with Crippen LogP contribution in [0, 0.1) is 0 Å². The topological polar surface area (TPSA) is 18.5 Å². The molecule has 1 atom stereocenters. The molecule has 0 bridgehead atoms. The second-order valence-corrected chi connectivity index (χ2v) is 5.38. The summed E-state index contributed by atoms with van der Waals surface area (Å²) in [5.74, 6) is 0. The molecule has 3 heteroatoms. The van der Waals surface area contributed by atoms with Crippen LogP contribution in [-0.4, -0.2) is 23.1 Å². The summed E-state index contributed by atoms with van der Waals surface area (Å²) in [7, 11) is 0. The average molecular weight is 318 g/mol. The zero-order valence-corrected chi connectivity index (χ0v) is 15.9. The molecule has 1 unspecified atom stereocenters. The van der Waals surface area contributed by atoms with Gasteiger partial charge in [-0.25, -0.2) is 10.4 Å². The third-order valence-corrected chi connectivity index (χ3v) is 3.98. The van der Waals surface area contributed by atoms with Crippen molar-refractivity contribution < 1.29 is 0 Å². The molecule has 0 aromatic heterocycles. The molecule has 1 aromatic carbocycles. The average Bonchev–Trinajstić information content (AvgIpc) is 3.02. The summed E-state index contributed by atoms with van der Waals surface area (Å²) in [6.45, 7) is 14.5. The van der Waals surface area contributed by atoms with E-state index in [9.17, 15) is 0 Å². The summed E-state index contributed by atoms with van der Waals surface area (Å²) in [6, 6.07) is 6.73. The Hall–Kier alpha value is -1.32. The van der Waals surface area contributed by atoms with Gasteiger partial charge in [0, 0.05) is 18.3 Å². The first-order chi connectivity index (χ1) is 11.3. The van der Waals surface area contributed by atoms with Gasteiger partial charge in [0.2, 0.25) is 0 Å². The normalized spacial score (nSPS) is 18.3.